The molecule has 2 aromatic heterocycles. The first-order valence-electron chi connectivity index (χ1n) is 5.57. The van der Waals surface area contributed by atoms with Crippen molar-refractivity contribution in [3.63, 3.8) is 0 Å². The van der Waals surface area contributed by atoms with Crippen molar-refractivity contribution in [2.45, 2.75) is 0 Å². The summed E-state index contributed by atoms with van der Waals surface area (Å²) in [5.41, 5.74) is 2.93. The lowest BCUT2D eigenvalue weighted by molar-refractivity contribution is -0.384. The summed E-state index contributed by atoms with van der Waals surface area (Å²) >= 11 is 1.62. The summed E-state index contributed by atoms with van der Waals surface area (Å²) in [6.45, 7) is 0. The lowest BCUT2D eigenvalue weighted by Crippen LogP contribution is -1.98. The zero-order chi connectivity index (χ0) is 13.2. The second-order valence-corrected chi connectivity index (χ2v) is 4.69. The minimum Gasteiger partial charge on any atom is -0.258 e. The molecular weight excluding hydrogens is 262 g/mol. The SMILES string of the molecule is O=[N+]([O-])c1ccc(-n2nccc2-c2ccsc2)cc1. The average molecular weight is 271 g/mol. The van der Waals surface area contributed by atoms with Gasteiger partial charge in [0, 0.05) is 23.1 Å². The molecule has 0 aliphatic heterocycles. The van der Waals surface area contributed by atoms with Gasteiger partial charge < -0.3 is 0 Å². The fraction of sp³-hybridized carbons (Fsp3) is 0. The van der Waals surface area contributed by atoms with Crippen molar-refractivity contribution in [1.29, 1.82) is 0 Å². The normalized spacial score (nSPS) is 10.5. The molecule has 0 saturated carbocycles. The Morgan fingerprint density at radius 3 is 2.58 bits per heavy atom. The van der Waals surface area contributed by atoms with E-state index in [9.17, 15) is 10.1 Å². The summed E-state index contributed by atoms with van der Waals surface area (Å²) < 4.78 is 1.77. The maximum Gasteiger partial charge on any atom is 0.269 e. The Hall–Kier alpha value is -2.47. The molecule has 0 N–H and O–H groups in total. The fourth-order valence-corrected chi connectivity index (χ4v) is 2.50. The number of hydrogen-bond acceptors (Lipinski definition) is 4. The van der Waals surface area contributed by atoms with Crippen molar-refractivity contribution in [1.82, 2.24) is 9.78 Å². The van der Waals surface area contributed by atoms with Crippen LogP contribution < -0.4 is 0 Å². The van der Waals surface area contributed by atoms with Gasteiger partial charge in [-0.05, 0) is 29.6 Å². The third-order valence-corrected chi connectivity index (χ3v) is 3.45. The third kappa shape index (κ3) is 2.13. The van der Waals surface area contributed by atoms with E-state index in [4.69, 9.17) is 0 Å². The van der Waals surface area contributed by atoms with Gasteiger partial charge in [-0.1, -0.05) is 0 Å². The van der Waals surface area contributed by atoms with Crippen LogP contribution in [0.3, 0.4) is 0 Å². The number of rotatable bonds is 3. The van der Waals surface area contributed by atoms with Gasteiger partial charge in [-0.25, -0.2) is 4.68 Å². The fourth-order valence-electron chi connectivity index (χ4n) is 1.85. The molecule has 3 aromatic rings. The van der Waals surface area contributed by atoms with Gasteiger partial charge in [0.2, 0.25) is 0 Å². The van der Waals surface area contributed by atoms with E-state index in [2.05, 4.69) is 5.10 Å². The first-order chi connectivity index (χ1) is 9.25. The third-order valence-electron chi connectivity index (χ3n) is 2.76. The lowest BCUT2D eigenvalue weighted by Gasteiger charge is -2.05. The molecule has 0 bridgehead atoms. The summed E-state index contributed by atoms with van der Waals surface area (Å²) in [4.78, 5) is 10.2. The number of aromatic nitrogens is 2. The summed E-state index contributed by atoms with van der Waals surface area (Å²) in [7, 11) is 0. The van der Waals surface area contributed by atoms with Crippen LogP contribution in [0.1, 0.15) is 0 Å². The Balaban J connectivity index is 2.03. The quantitative estimate of drug-likeness (QED) is 0.541. The molecule has 0 saturated heterocycles. The largest absolute Gasteiger partial charge is 0.269 e. The predicted molar refractivity (Wildman–Crippen MR) is 73.5 cm³/mol. The van der Waals surface area contributed by atoms with Crippen LogP contribution in [0, 0.1) is 10.1 Å². The Morgan fingerprint density at radius 1 is 1.16 bits per heavy atom. The summed E-state index contributed by atoms with van der Waals surface area (Å²) in [6, 6.07) is 10.3. The van der Waals surface area contributed by atoms with Crippen molar-refractivity contribution in [3.8, 4) is 16.9 Å². The number of thiophene rings is 1. The van der Waals surface area contributed by atoms with Crippen molar-refractivity contribution in [3.05, 3.63) is 63.5 Å². The average Bonchev–Trinajstić information content (AvgIpc) is 3.09. The van der Waals surface area contributed by atoms with Crippen molar-refractivity contribution in [2.75, 3.05) is 0 Å². The molecule has 0 aliphatic carbocycles. The van der Waals surface area contributed by atoms with Crippen LogP contribution in [0.5, 0.6) is 0 Å². The monoisotopic (exact) mass is 271 g/mol. The molecule has 0 unspecified atom stereocenters. The van der Waals surface area contributed by atoms with Crippen LogP contribution in [0.4, 0.5) is 5.69 Å². The van der Waals surface area contributed by atoms with Gasteiger partial charge in [0.05, 0.1) is 22.5 Å². The van der Waals surface area contributed by atoms with Gasteiger partial charge in [0.1, 0.15) is 0 Å². The van der Waals surface area contributed by atoms with Crippen molar-refractivity contribution >= 4 is 17.0 Å². The van der Waals surface area contributed by atoms with Gasteiger partial charge in [-0.3, -0.25) is 10.1 Å². The van der Waals surface area contributed by atoms with E-state index in [1.54, 1.807) is 34.3 Å². The number of nitro benzene ring substituents is 1. The molecule has 3 rings (SSSR count). The molecule has 1 aromatic carbocycles. The maximum absolute atomic E-state index is 10.6. The van der Waals surface area contributed by atoms with Crippen LogP contribution >= 0.6 is 11.3 Å². The van der Waals surface area contributed by atoms with Gasteiger partial charge in [0.25, 0.3) is 5.69 Å². The van der Waals surface area contributed by atoms with E-state index in [0.29, 0.717) is 0 Å². The number of nitrogens with zero attached hydrogens (tertiary/aromatic N) is 3. The number of hydrogen-bond donors (Lipinski definition) is 0. The minimum absolute atomic E-state index is 0.0768. The summed E-state index contributed by atoms with van der Waals surface area (Å²) in [5, 5.41) is 18.9. The number of benzene rings is 1. The second-order valence-electron chi connectivity index (χ2n) is 3.91. The lowest BCUT2D eigenvalue weighted by atomic mass is 10.2. The van der Waals surface area contributed by atoms with Crippen LogP contribution in [0.15, 0.2) is 53.4 Å². The van der Waals surface area contributed by atoms with Crippen LogP contribution in [0.2, 0.25) is 0 Å². The van der Waals surface area contributed by atoms with Gasteiger partial charge in [0.15, 0.2) is 0 Å². The highest BCUT2D eigenvalue weighted by Crippen LogP contribution is 2.25. The van der Waals surface area contributed by atoms with E-state index in [1.165, 1.54) is 12.1 Å². The van der Waals surface area contributed by atoms with Crippen LogP contribution in [0.25, 0.3) is 16.9 Å². The van der Waals surface area contributed by atoms with E-state index < -0.39 is 4.92 Å². The van der Waals surface area contributed by atoms with E-state index >= 15 is 0 Å². The standard InChI is InChI=1S/C13H9N3O2S/c17-16(18)12-3-1-11(2-4-12)15-13(5-7-14-15)10-6-8-19-9-10/h1-9H. The molecule has 0 aliphatic rings. The Kier molecular flexibility index (Phi) is 2.85. The molecule has 94 valence electrons. The Morgan fingerprint density at radius 2 is 1.95 bits per heavy atom. The molecule has 0 fully saturated rings. The van der Waals surface area contributed by atoms with E-state index in [-0.39, 0.29) is 5.69 Å². The molecule has 2 heterocycles. The van der Waals surface area contributed by atoms with Crippen molar-refractivity contribution in [2.24, 2.45) is 0 Å². The Labute approximate surface area is 112 Å². The molecule has 0 amide bonds. The molecule has 0 atom stereocenters. The molecule has 0 spiro atoms. The molecule has 0 radical (unpaired) electrons. The first kappa shape index (κ1) is 11.6. The molecule has 19 heavy (non-hydrogen) atoms. The molecule has 6 heteroatoms. The highest BCUT2D eigenvalue weighted by Gasteiger charge is 2.09. The minimum atomic E-state index is -0.410. The Bertz CT molecular complexity index is 702. The molecule has 5 nitrogen and oxygen atoms in total. The predicted octanol–water partition coefficient (Wildman–Crippen LogP) is 3.51. The number of nitro groups is 1. The van der Waals surface area contributed by atoms with E-state index in [0.717, 1.165) is 16.9 Å². The maximum atomic E-state index is 10.6. The smallest absolute Gasteiger partial charge is 0.258 e. The summed E-state index contributed by atoms with van der Waals surface area (Å²) in [6.07, 6.45) is 1.72. The van der Waals surface area contributed by atoms with Crippen LogP contribution in [-0.2, 0) is 0 Å². The zero-order valence-electron chi connectivity index (χ0n) is 9.76. The zero-order valence-corrected chi connectivity index (χ0v) is 10.6. The highest BCUT2D eigenvalue weighted by atomic mass is 32.1. The van der Waals surface area contributed by atoms with Gasteiger partial charge >= 0.3 is 0 Å². The molecular formula is C13H9N3O2S. The van der Waals surface area contributed by atoms with Gasteiger partial charge in [-0.15, -0.1) is 0 Å². The van der Waals surface area contributed by atoms with Crippen molar-refractivity contribution < 1.29 is 4.92 Å². The highest BCUT2D eigenvalue weighted by molar-refractivity contribution is 7.08. The first-order valence-corrected chi connectivity index (χ1v) is 6.51. The van der Waals surface area contributed by atoms with Gasteiger partial charge in [-0.2, -0.15) is 16.4 Å². The topological polar surface area (TPSA) is 61.0 Å². The number of non-ortho nitro benzene ring substituents is 1. The second kappa shape index (κ2) is 4.66. The van der Waals surface area contributed by atoms with Crippen LogP contribution in [-0.4, -0.2) is 14.7 Å². The summed E-state index contributed by atoms with van der Waals surface area (Å²) in [5.74, 6) is 0. The van der Waals surface area contributed by atoms with E-state index in [1.807, 2.05) is 22.9 Å².